The van der Waals surface area contributed by atoms with Crippen molar-refractivity contribution in [3.05, 3.63) is 0 Å². The van der Waals surface area contributed by atoms with Gasteiger partial charge in [0.05, 0.1) is 6.54 Å². The number of esters is 1. The molecular formula is C9H15F2NO2. The molecule has 1 heterocycles. The van der Waals surface area contributed by atoms with Crippen molar-refractivity contribution in [2.45, 2.75) is 32.3 Å². The quantitative estimate of drug-likeness (QED) is 0.656. The fraction of sp³-hybridized carbons (Fsp3) is 0.889. The molecule has 1 N–H and O–H groups in total. The van der Waals surface area contributed by atoms with Crippen LogP contribution in [0.2, 0.25) is 0 Å². The van der Waals surface area contributed by atoms with Crippen LogP contribution in [0.5, 0.6) is 0 Å². The molecule has 0 aromatic carbocycles. The summed E-state index contributed by atoms with van der Waals surface area (Å²) in [5, 5.41) is 2.48. The third-order valence-corrected chi connectivity index (χ3v) is 1.91. The van der Waals surface area contributed by atoms with Crippen LogP contribution in [0.25, 0.3) is 0 Å². The number of halogens is 2. The minimum Gasteiger partial charge on any atom is -0.460 e. The minimum atomic E-state index is -2.98. The van der Waals surface area contributed by atoms with Crippen LogP contribution in [0.15, 0.2) is 0 Å². The summed E-state index contributed by atoms with van der Waals surface area (Å²) < 4.78 is 31.0. The number of carbonyl (C=O) groups excluding carboxylic acids is 1. The first kappa shape index (κ1) is 11.4. The molecular weight excluding hydrogens is 192 g/mol. The van der Waals surface area contributed by atoms with Crippen molar-refractivity contribution in [2.24, 2.45) is 5.92 Å². The Bertz CT molecular complexity index is 235. The number of alkyl halides is 2. The fourth-order valence-corrected chi connectivity index (χ4v) is 1.28. The van der Waals surface area contributed by atoms with Crippen LogP contribution in [0.4, 0.5) is 8.78 Å². The van der Waals surface area contributed by atoms with Crippen LogP contribution in [0, 0.1) is 5.92 Å². The van der Waals surface area contributed by atoms with Gasteiger partial charge in [0, 0.05) is 6.54 Å². The highest BCUT2D eigenvalue weighted by Crippen LogP contribution is 2.30. The van der Waals surface area contributed by atoms with E-state index in [0.717, 1.165) is 0 Å². The molecule has 0 aromatic rings. The van der Waals surface area contributed by atoms with Gasteiger partial charge < -0.3 is 10.1 Å². The monoisotopic (exact) mass is 207 g/mol. The zero-order chi connectivity index (χ0) is 11.0. The van der Waals surface area contributed by atoms with Gasteiger partial charge in [-0.1, -0.05) is 0 Å². The highest BCUT2D eigenvalue weighted by Gasteiger charge is 2.49. The Balaban J connectivity index is 2.62. The van der Waals surface area contributed by atoms with Crippen molar-refractivity contribution >= 4 is 5.97 Å². The van der Waals surface area contributed by atoms with Gasteiger partial charge in [0.25, 0.3) is 5.92 Å². The molecule has 0 aliphatic carbocycles. The van der Waals surface area contributed by atoms with Gasteiger partial charge in [-0.05, 0) is 20.8 Å². The van der Waals surface area contributed by atoms with Crippen molar-refractivity contribution < 1.29 is 18.3 Å². The summed E-state index contributed by atoms with van der Waals surface area (Å²) in [6, 6.07) is 0. The molecule has 0 bridgehead atoms. The highest BCUT2D eigenvalue weighted by atomic mass is 19.3. The lowest BCUT2D eigenvalue weighted by molar-refractivity contribution is -0.169. The Kier molecular flexibility index (Phi) is 2.81. The maximum absolute atomic E-state index is 13.1. The van der Waals surface area contributed by atoms with Gasteiger partial charge in [0.1, 0.15) is 11.5 Å². The molecule has 0 radical (unpaired) electrons. The highest BCUT2D eigenvalue weighted by molar-refractivity contribution is 5.74. The molecule has 1 saturated heterocycles. The van der Waals surface area contributed by atoms with Crippen LogP contribution < -0.4 is 5.32 Å². The van der Waals surface area contributed by atoms with Crippen LogP contribution in [0.3, 0.4) is 0 Å². The predicted octanol–water partition coefficient (Wildman–Crippen LogP) is 1.18. The maximum Gasteiger partial charge on any atom is 0.316 e. The summed E-state index contributed by atoms with van der Waals surface area (Å²) >= 11 is 0. The summed E-state index contributed by atoms with van der Waals surface area (Å²) in [5.41, 5.74) is -0.713. The Morgan fingerprint density at radius 3 is 2.43 bits per heavy atom. The van der Waals surface area contributed by atoms with E-state index in [-0.39, 0.29) is 6.54 Å². The Labute approximate surface area is 81.8 Å². The van der Waals surface area contributed by atoms with Gasteiger partial charge in [0.15, 0.2) is 0 Å². The van der Waals surface area contributed by atoms with Crippen molar-refractivity contribution in [1.82, 2.24) is 5.32 Å². The van der Waals surface area contributed by atoms with Crippen LogP contribution in [-0.2, 0) is 9.53 Å². The number of hydrogen-bond donors (Lipinski definition) is 1. The lowest BCUT2D eigenvalue weighted by Crippen LogP contribution is -2.37. The van der Waals surface area contributed by atoms with E-state index in [1.807, 2.05) is 0 Å². The van der Waals surface area contributed by atoms with Crippen LogP contribution in [-0.4, -0.2) is 30.6 Å². The van der Waals surface area contributed by atoms with Crippen LogP contribution >= 0.6 is 0 Å². The predicted molar refractivity (Wildman–Crippen MR) is 47.2 cm³/mol. The minimum absolute atomic E-state index is 0.0120. The Morgan fingerprint density at radius 2 is 2.07 bits per heavy atom. The van der Waals surface area contributed by atoms with Gasteiger partial charge in [-0.3, -0.25) is 4.79 Å². The fourth-order valence-electron chi connectivity index (χ4n) is 1.28. The summed E-state index contributed by atoms with van der Waals surface area (Å²) in [4.78, 5) is 11.3. The molecule has 0 aromatic heterocycles. The van der Waals surface area contributed by atoms with Gasteiger partial charge in [-0.15, -0.1) is 0 Å². The molecule has 1 atom stereocenters. The van der Waals surface area contributed by atoms with Gasteiger partial charge >= 0.3 is 5.97 Å². The number of rotatable bonds is 1. The van der Waals surface area contributed by atoms with Gasteiger partial charge in [0.2, 0.25) is 0 Å². The van der Waals surface area contributed by atoms with E-state index in [1.165, 1.54) is 0 Å². The third kappa shape index (κ3) is 2.64. The van der Waals surface area contributed by atoms with Gasteiger partial charge in [-0.2, -0.15) is 0 Å². The zero-order valence-corrected chi connectivity index (χ0v) is 8.56. The van der Waals surface area contributed by atoms with E-state index < -0.39 is 30.0 Å². The lowest BCUT2D eigenvalue weighted by atomic mass is 10.1. The topological polar surface area (TPSA) is 38.3 Å². The number of hydrogen-bond acceptors (Lipinski definition) is 3. The van der Waals surface area contributed by atoms with E-state index in [0.29, 0.717) is 0 Å². The smallest absolute Gasteiger partial charge is 0.316 e. The average molecular weight is 207 g/mol. The second-order valence-electron chi connectivity index (χ2n) is 4.48. The average Bonchev–Trinajstić information content (AvgIpc) is 2.25. The lowest BCUT2D eigenvalue weighted by Gasteiger charge is -2.24. The molecule has 1 aliphatic heterocycles. The standard InChI is InChI=1S/C9H15F2NO2/c1-8(2,3)14-7(13)6-4-12-5-9(6,10)11/h6,12H,4-5H2,1-3H3. The number of carbonyl (C=O) groups is 1. The summed E-state index contributed by atoms with van der Waals surface area (Å²) in [6.07, 6.45) is 0. The van der Waals surface area contributed by atoms with E-state index >= 15 is 0 Å². The molecule has 5 heteroatoms. The Hall–Kier alpha value is -0.710. The molecule has 1 unspecified atom stereocenters. The first-order chi connectivity index (χ1) is 6.22. The molecule has 1 rings (SSSR count). The molecule has 82 valence electrons. The van der Waals surface area contributed by atoms with Crippen molar-refractivity contribution in [3.63, 3.8) is 0 Å². The first-order valence-electron chi connectivity index (χ1n) is 4.54. The molecule has 0 saturated carbocycles. The molecule has 3 nitrogen and oxygen atoms in total. The van der Waals surface area contributed by atoms with Crippen molar-refractivity contribution in [2.75, 3.05) is 13.1 Å². The molecule has 0 amide bonds. The SMILES string of the molecule is CC(C)(C)OC(=O)C1CNCC1(F)F. The molecule has 1 aliphatic rings. The Morgan fingerprint density at radius 1 is 1.50 bits per heavy atom. The van der Waals surface area contributed by atoms with Gasteiger partial charge in [-0.25, -0.2) is 8.78 Å². The number of nitrogens with one attached hydrogen (secondary N) is 1. The first-order valence-corrected chi connectivity index (χ1v) is 4.54. The summed E-state index contributed by atoms with van der Waals surface area (Å²) in [5.74, 6) is -5.16. The summed E-state index contributed by atoms with van der Waals surface area (Å²) in [6.45, 7) is 4.51. The van der Waals surface area contributed by atoms with E-state index in [2.05, 4.69) is 5.32 Å². The normalized spacial score (nSPS) is 26.2. The zero-order valence-electron chi connectivity index (χ0n) is 8.56. The van der Waals surface area contributed by atoms with E-state index in [4.69, 9.17) is 4.74 Å². The molecule has 0 spiro atoms. The van der Waals surface area contributed by atoms with Crippen molar-refractivity contribution in [3.8, 4) is 0 Å². The third-order valence-electron chi connectivity index (χ3n) is 1.91. The molecule has 1 fully saturated rings. The van der Waals surface area contributed by atoms with E-state index in [9.17, 15) is 13.6 Å². The second kappa shape index (κ2) is 3.46. The largest absolute Gasteiger partial charge is 0.460 e. The van der Waals surface area contributed by atoms with Crippen molar-refractivity contribution in [1.29, 1.82) is 0 Å². The number of ether oxygens (including phenoxy) is 1. The summed E-state index contributed by atoms with van der Waals surface area (Å²) in [7, 11) is 0. The molecule has 14 heavy (non-hydrogen) atoms. The van der Waals surface area contributed by atoms with E-state index in [1.54, 1.807) is 20.8 Å². The maximum atomic E-state index is 13.1. The second-order valence-corrected chi connectivity index (χ2v) is 4.48. The van der Waals surface area contributed by atoms with Crippen LogP contribution in [0.1, 0.15) is 20.8 Å².